The van der Waals surface area contributed by atoms with Crippen LogP contribution in [-0.2, 0) is 11.3 Å². The van der Waals surface area contributed by atoms with E-state index in [0.29, 0.717) is 34.7 Å². The highest BCUT2D eigenvalue weighted by molar-refractivity contribution is 6.42. The summed E-state index contributed by atoms with van der Waals surface area (Å²) < 4.78 is 10.8. The first-order valence-electron chi connectivity index (χ1n) is 8.56. The van der Waals surface area contributed by atoms with Crippen molar-refractivity contribution in [3.63, 3.8) is 0 Å². The number of hydrogen-bond donors (Lipinski definition) is 1. The summed E-state index contributed by atoms with van der Waals surface area (Å²) in [5.74, 6) is 1.46. The van der Waals surface area contributed by atoms with E-state index in [0.717, 1.165) is 17.5 Å². The lowest BCUT2D eigenvalue weighted by Gasteiger charge is -2.11. The van der Waals surface area contributed by atoms with Crippen LogP contribution in [-0.4, -0.2) is 19.6 Å². The number of carbonyl (C=O) groups is 1. The van der Waals surface area contributed by atoms with E-state index >= 15 is 0 Å². The molecule has 2 unspecified atom stereocenters. The molecule has 4 nitrogen and oxygen atoms in total. The molecule has 2 aromatic carbocycles. The van der Waals surface area contributed by atoms with Crippen LogP contribution in [0, 0.1) is 5.92 Å². The van der Waals surface area contributed by atoms with Gasteiger partial charge < -0.3 is 14.8 Å². The van der Waals surface area contributed by atoms with E-state index in [-0.39, 0.29) is 17.7 Å². The highest BCUT2D eigenvalue weighted by Crippen LogP contribution is 2.50. The quantitative estimate of drug-likeness (QED) is 0.733. The van der Waals surface area contributed by atoms with E-state index in [1.807, 2.05) is 37.3 Å². The molecule has 2 atom stereocenters. The number of ether oxygens (including phenoxy) is 2. The van der Waals surface area contributed by atoms with Crippen LogP contribution in [0.4, 0.5) is 0 Å². The lowest BCUT2D eigenvalue weighted by molar-refractivity contribution is -0.122. The van der Waals surface area contributed by atoms with E-state index in [2.05, 4.69) is 5.32 Å². The third-order valence-corrected chi connectivity index (χ3v) is 5.34. The topological polar surface area (TPSA) is 47.6 Å². The van der Waals surface area contributed by atoms with Crippen LogP contribution in [0.2, 0.25) is 10.0 Å². The molecule has 1 aliphatic rings. The minimum Gasteiger partial charge on any atom is -0.493 e. The third kappa shape index (κ3) is 4.08. The van der Waals surface area contributed by atoms with Gasteiger partial charge in [0, 0.05) is 12.5 Å². The highest BCUT2D eigenvalue weighted by Gasteiger charge is 2.44. The SMILES string of the molecule is CCOc1ccc(CNC(=O)C2CC2c2cccc(Cl)c2Cl)cc1OC. The molecule has 1 amide bonds. The van der Waals surface area contributed by atoms with Crippen molar-refractivity contribution in [3.8, 4) is 11.5 Å². The summed E-state index contributed by atoms with van der Waals surface area (Å²) in [4.78, 5) is 12.4. The van der Waals surface area contributed by atoms with Gasteiger partial charge in [0.15, 0.2) is 11.5 Å². The van der Waals surface area contributed by atoms with Gasteiger partial charge in [-0.3, -0.25) is 4.79 Å². The molecule has 1 saturated carbocycles. The van der Waals surface area contributed by atoms with Crippen LogP contribution in [0.1, 0.15) is 30.4 Å². The van der Waals surface area contributed by atoms with Crippen molar-refractivity contribution >= 4 is 29.1 Å². The molecule has 26 heavy (non-hydrogen) atoms. The van der Waals surface area contributed by atoms with Crippen LogP contribution in [0.15, 0.2) is 36.4 Å². The summed E-state index contributed by atoms with van der Waals surface area (Å²) in [6.45, 7) is 2.93. The Bertz CT molecular complexity index is 810. The second-order valence-corrected chi connectivity index (χ2v) is 7.01. The second kappa shape index (κ2) is 8.19. The number of hydrogen-bond acceptors (Lipinski definition) is 3. The average Bonchev–Trinajstić information content (AvgIpc) is 3.43. The number of nitrogens with one attached hydrogen (secondary N) is 1. The maximum absolute atomic E-state index is 12.4. The smallest absolute Gasteiger partial charge is 0.224 e. The van der Waals surface area contributed by atoms with Crippen LogP contribution < -0.4 is 14.8 Å². The Kier molecular flexibility index (Phi) is 5.94. The Morgan fingerprint density at radius 3 is 2.77 bits per heavy atom. The van der Waals surface area contributed by atoms with Gasteiger partial charge in [-0.2, -0.15) is 0 Å². The first-order valence-corrected chi connectivity index (χ1v) is 9.32. The fourth-order valence-corrected chi connectivity index (χ4v) is 3.50. The van der Waals surface area contributed by atoms with Gasteiger partial charge in [-0.15, -0.1) is 0 Å². The third-order valence-electron chi connectivity index (χ3n) is 4.50. The van der Waals surface area contributed by atoms with Crippen LogP contribution in [0.25, 0.3) is 0 Å². The van der Waals surface area contributed by atoms with Gasteiger partial charge >= 0.3 is 0 Å². The molecule has 138 valence electrons. The van der Waals surface area contributed by atoms with Crippen molar-refractivity contribution in [2.24, 2.45) is 5.92 Å². The maximum atomic E-state index is 12.4. The predicted octanol–water partition coefficient (Wildman–Crippen LogP) is 4.82. The zero-order chi connectivity index (χ0) is 18.7. The highest BCUT2D eigenvalue weighted by atomic mass is 35.5. The molecule has 0 aliphatic heterocycles. The Labute approximate surface area is 163 Å². The van der Waals surface area contributed by atoms with Crippen molar-refractivity contribution < 1.29 is 14.3 Å². The molecule has 1 fully saturated rings. The van der Waals surface area contributed by atoms with Gasteiger partial charge in [-0.25, -0.2) is 0 Å². The standard InChI is InChI=1S/C20H21Cl2NO3/c1-3-26-17-8-7-12(9-18(17)25-2)11-23-20(24)15-10-14(15)13-5-4-6-16(21)19(13)22/h4-9,14-15H,3,10-11H2,1-2H3,(H,23,24). The number of halogens is 2. The number of methoxy groups -OCH3 is 1. The van der Waals surface area contributed by atoms with E-state index in [9.17, 15) is 4.79 Å². The molecule has 1 aliphatic carbocycles. The molecule has 0 bridgehead atoms. The van der Waals surface area contributed by atoms with Gasteiger partial charge in [0.05, 0.1) is 23.8 Å². The Morgan fingerprint density at radius 1 is 1.23 bits per heavy atom. The average molecular weight is 394 g/mol. The molecular formula is C20H21Cl2NO3. The number of carbonyl (C=O) groups excluding carboxylic acids is 1. The first-order chi connectivity index (χ1) is 12.5. The molecule has 2 aromatic rings. The van der Waals surface area contributed by atoms with Crippen LogP contribution >= 0.6 is 23.2 Å². The summed E-state index contributed by atoms with van der Waals surface area (Å²) in [5, 5.41) is 4.06. The van der Waals surface area contributed by atoms with Crippen LogP contribution in [0.5, 0.6) is 11.5 Å². The van der Waals surface area contributed by atoms with E-state index < -0.39 is 0 Å². The normalized spacial score (nSPS) is 18.3. The molecule has 0 spiro atoms. The summed E-state index contributed by atoms with van der Waals surface area (Å²) in [6, 6.07) is 11.2. The minimum atomic E-state index is -0.0597. The number of benzene rings is 2. The zero-order valence-electron chi connectivity index (χ0n) is 14.7. The van der Waals surface area contributed by atoms with Crippen LogP contribution in [0.3, 0.4) is 0 Å². The predicted molar refractivity (Wildman–Crippen MR) is 103 cm³/mol. The monoisotopic (exact) mass is 393 g/mol. The zero-order valence-corrected chi connectivity index (χ0v) is 16.2. The molecular weight excluding hydrogens is 373 g/mol. The first kappa shape index (κ1) is 18.9. The largest absolute Gasteiger partial charge is 0.493 e. The van der Waals surface area contributed by atoms with Crippen molar-refractivity contribution in [2.75, 3.05) is 13.7 Å². The summed E-state index contributed by atoms with van der Waals surface area (Å²) in [7, 11) is 1.60. The lowest BCUT2D eigenvalue weighted by Crippen LogP contribution is -2.24. The molecule has 1 N–H and O–H groups in total. The summed E-state index contributed by atoms with van der Waals surface area (Å²) in [5.41, 5.74) is 1.90. The number of amides is 1. The van der Waals surface area contributed by atoms with Crippen molar-refractivity contribution in [1.29, 1.82) is 0 Å². The van der Waals surface area contributed by atoms with Gasteiger partial charge in [0.25, 0.3) is 0 Å². The molecule has 0 heterocycles. The lowest BCUT2D eigenvalue weighted by atomic mass is 10.1. The molecule has 0 radical (unpaired) electrons. The van der Waals surface area contributed by atoms with Gasteiger partial charge in [-0.1, -0.05) is 41.4 Å². The fraction of sp³-hybridized carbons (Fsp3) is 0.350. The minimum absolute atomic E-state index is 0.0268. The molecule has 0 aromatic heterocycles. The molecule has 6 heteroatoms. The Balaban J connectivity index is 1.59. The van der Waals surface area contributed by atoms with Crippen molar-refractivity contribution in [3.05, 3.63) is 57.6 Å². The van der Waals surface area contributed by atoms with E-state index in [1.54, 1.807) is 13.2 Å². The van der Waals surface area contributed by atoms with Gasteiger partial charge in [0.1, 0.15) is 0 Å². The van der Waals surface area contributed by atoms with Gasteiger partial charge in [0.2, 0.25) is 5.91 Å². The van der Waals surface area contributed by atoms with E-state index in [4.69, 9.17) is 32.7 Å². The molecule has 0 saturated heterocycles. The van der Waals surface area contributed by atoms with E-state index in [1.165, 1.54) is 0 Å². The summed E-state index contributed by atoms with van der Waals surface area (Å²) >= 11 is 12.3. The number of rotatable bonds is 7. The van der Waals surface area contributed by atoms with Crippen molar-refractivity contribution in [1.82, 2.24) is 5.32 Å². The molecule has 3 rings (SSSR count). The van der Waals surface area contributed by atoms with Gasteiger partial charge in [-0.05, 0) is 48.6 Å². The van der Waals surface area contributed by atoms with Crippen molar-refractivity contribution in [2.45, 2.75) is 25.8 Å². The fourth-order valence-electron chi connectivity index (χ4n) is 3.05. The Hall–Kier alpha value is -1.91. The Morgan fingerprint density at radius 2 is 2.04 bits per heavy atom. The second-order valence-electron chi connectivity index (χ2n) is 6.23. The summed E-state index contributed by atoms with van der Waals surface area (Å²) in [6.07, 6.45) is 0.790. The maximum Gasteiger partial charge on any atom is 0.224 e.